The Morgan fingerprint density at radius 1 is 1.10 bits per heavy atom. The summed E-state index contributed by atoms with van der Waals surface area (Å²) in [7, 11) is 0. The summed E-state index contributed by atoms with van der Waals surface area (Å²) in [5.41, 5.74) is 3.96. The Bertz CT molecular complexity index is 1220. The Kier molecular flexibility index (Phi) is 3.94. The fourth-order valence-electron chi connectivity index (χ4n) is 4.02. The second-order valence-electron chi connectivity index (χ2n) is 7.55. The molecule has 1 aromatic carbocycles. The predicted octanol–water partition coefficient (Wildman–Crippen LogP) is 2.82. The Balaban J connectivity index is 1.47. The van der Waals surface area contributed by atoms with Crippen LogP contribution in [0.5, 0.6) is 0 Å². The number of carbonyl (C=O) groups excluding carboxylic acids is 1. The van der Waals surface area contributed by atoms with Crippen molar-refractivity contribution in [2.24, 2.45) is 0 Å². The van der Waals surface area contributed by atoms with Crippen LogP contribution in [-0.4, -0.2) is 46.7 Å². The molecule has 0 bridgehead atoms. The first-order valence-electron chi connectivity index (χ1n) is 9.64. The second-order valence-corrected chi connectivity index (χ2v) is 7.55. The van der Waals surface area contributed by atoms with Gasteiger partial charge in [0.1, 0.15) is 0 Å². The second kappa shape index (κ2) is 6.51. The summed E-state index contributed by atoms with van der Waals surface area (Å²) < 4.78 is 3.83. The van der Waals surface area contributed by atoms with E-state index in [4.69, 9.17) is 0 Å². The van der Waals surface area contributed by atoms with Gasteiger partial charge >= 0.3 is 0 Å². The highest BCUT2D eigenvalue weighted by molar-refractivity contribution is 5.93. The highest BCUT2D eigenvalue weighted by Gasteiger charge is 2.31. The van der Waals surface area contributed by atoms with E-state index in [1.807, 2.05) is 50.2 Å². The van der Waals surface area contributed by atoms with Crippen molar-refractivity contribution < 1.29 is 4.79 Å². The number of aryl methyl sites for hydroxylation is 2. The fourth-order valence-corrected chi connectivity index (χ4v) is 4.02. The first-order chi connectivity index (χ1) is 14.0. The Hall–Kier alpha value is -3.55. The minimum atomic E-state index is -0.116. The van der Waals surface area contributed by atoms with E-state index in [9.17, 15) is 4.79 Å². The number of hydrogen-bond acceptors (Lipinski definition) is 5. The van der Waals surface area contributed by atoms with Crippen LogP contribution in [0, 0.1) is 13.8 Å². The molecule has 0 N–H and O–H groups in total. The minimum Gasteiger partial charge on any atom is -0.328 e. The molecule has 1 atom stereocenters. The number of nitrogens with zero attached hydrogens (tertiary/aromatic N) is 7. The van der Waals surface area contributed by atoms with Gasteiger partial charge in [-0.3, -0.25) is 4.79 Å². The van der Waals surface area contributed by atoms with Crippen LogP contribution in [0.15, 0.2) is 42.5 Å². The Morgan fingerprint density at radius 3 is 2.69 bits per heavy atom. The summed E-state index contributed by atoms with van der Waals surface area (Å²) in [5.74, 6) is 1.50. The van der Waals surface area contributed by atoms with Gasteiger partial charge in [-0.15, -0.1) is 10.2 Å². The maximum atomic E-state index is 13.2. The zero-order valence-corrected chi connectivity index (χ0v) is 16.6. The molecule has 3 aromatic heterocycles. The number of carbonyl (C=O) groups is 1. The van der Waals surface area contributed by atoms with E-state index in [0.717, 1.165) is 28.6 Å². The lowest BCUT2D eigenvalue weighted by atomic mass is 10.1. The maximum Gasteiger partial charge on any atom is 0.274 e. The van der Waals surface area contributed by atoms with Gasteiger partial charge in [0.25, 0.3) is 5.91 Å². The summed E-state index contributed by atoms with van der Waals surface area (Å²) in [6.07, 6.45) is 0. The Labute approximate surface area is 167 Å². The molecule has 146 valence electrons. The van der Waals surface area contributed by atoms with Gasteiger partial charge in [-0.25, -0.2) is 9.50 Å². The lowest BCUT2D eigenvalue weighted by molar-refractivity contribution is 0.0675. The van der Waals surface area contributed by atoms with Crippen LogP contribution in [0.2, 0.25) is 0 Å². The SMILES string of the molecule is Cc1cc(C)n2nc(C(=O)N3Cc4nnc(-c5ccccc5)n4[C@@H](C)C3)cc2n1. The highest BCUT2D eigenvalue weighted by atomic mass is 16.2. The van der Waals surface area contributed by atoms with Crippen molar-refractivity contribution in [3.8, 4) is 11.4 Å². The van der Waals surface area contributed by atoms with Crippen molar-refractivity contribution >= 4 is 11.6 Å². The first kappa shape index (κ1) is 17.5. The molecular formula is C21H21N7O. The normalized spacial score (nSPS) is 16.2. The quantitative estimate of drug-likeness (QED) is 0.528. The van der Waals surface area contributed by atoms with Crippen LogP contribution < -0.4 is 0 Å². The van der Waals surface area contributed by atoms with Crippen LogP contribution in [0.3, 0.4) is 0 Å². The summed E-state index contributed by atoms with van der Waals surface area (Å²) in [6.45, 7) is 6.95. The molecule has 5 rings (SSSR count). The van der Waals surface area contributed by atoms with Crippen molar-refractivity contribution in [3.05, 3.63) is 65.4 Å². The molecule has 0 fully saturated rings. The smallest absolute Gasteiger partial charge is 0.274 e. The fraction of sp³-hybridized carbons (Fsp3) is 0.286. The molecular weight excluding hydrogens is 366 g/mol. The van der Waals surface area contributed by atoms with Gasteiger partial charge < -0.3 is 9.47 Å². The largest absolute Gasteiger partial charge is 0.328 e. The lowest BCUT2D eigenvalue weighted by Crippen LogP contribution is -2.40. The standard InChI is InChI=1S/C21H21N7O/c1-13-9-14(2)28-18(22-13)10-17(25-28)21(29)26-11-15(3)27-19(12-26)23-24-20(27)16-7-5-4-6-8-16/h4-10,15H,11-12H2,1-3H3/t15-/m0/s1. The number of rotatable bonds is 2. The zero-order chi connectivity index (χ0) is 20.1. The molecule has 1 aliphatic rings. The van der Waals surface area contributed by atoms with Gasteiger partial charge in [0, 0.05) is 29.6 Å². The predicted molar refractivity (Wildman–Crippen MR) is 107 cm³/mol. The van der Waals surface area contributed by atoms with Crippen molar-refractivity contribution in [2.45, 2.75) is 33.4 Å². The molecule has 8 heteroatoms. The van der Waals surface area contributed by atoms with Crippen molar-refractivity contribution in [2.75, 3.05) is 6.54 Å². The monoisotopic (exact) mass is 387 g/mol. The molecule has 0 spiro atoms. The molecule has 0 aliphatic carbocycles. The number of benzene rings is 1. The third-order valence-electron chi connectivity index (χ3n) is 5.30. The zero-order valence-electron chi connectivity index (χ0n) is 16.6. The average molecular weight is 387 g/mol. The van der Waals surface area contributed by atoms with Crippen molar-refractivity contribution in [3.63, 3.8) is 0 Å². The first-order valence-corrected chi connectivity index (χ1v) is 9.64. The molecule has 0 saturated heterocycles. The van der Waals surface area contributed by atoms with Crippen LogP contribution in [0.1, 0.15) is 40.7 Å². The van der Waals surface area contributed by atoms with E-state index in [-0.39, 0.29) is 11.9 Å². The van der Waals surface area contributed by atoms with Crippen molar-refractivity contribution in [1.29, 1.82) is 0 Å². The molecule has 0 saturated carbocycles. The molecule has 1 aliphatic heterocycles. The van der Waals surface area contributed by atoms with Gasteiger partial charge in [0.05, 0.1) is 12.6 Å². The van der Waals surface area contributed by atoms with E-state index < -0.39 is 0 Å². The Morgan fingerprint density at radius 2 is 1.90 bits per heavy atom. The number of amides is 1. The maximum absolute atomic E-state index is 13.2. The molecule has 8 nitrogen and oxygen atoms in total. The summed E-state index contributed by atoms with van der Waals surface area (Å²) in [4.78, 5) is 19.4. The minimum absolute atomic E-state index is 0.0621. The van der Waals surface area contributed by atoms with E-state index in [1.165, 1.54) is 0 Å². The number of fused-ring (bicyclic) bond motifs is 2. The van der Waals surface area contributed by atoms with Gasteiger partial charge in [0.2, 0.25) is 0 Å². The summed E-state index contributed by atoms with van der Waals surface area (Å²) in [5, 5.41) is 13.2. The molecule has 0 unspecified atom stereocenters. The van der Waals surface area contributed by atoms with Crippen molar-refractivity contribution in [1.82, 2.24) is 34.3 Å². The van der Waals surface area contributed by atoms with E-state index >= 15 is 0 Å². The molecule has 4 aromatic rings. The highest BCUT2D eigenvalue weighted by Crippen LogP contribution is 2.28. The molecule has 1 amide bonds. The van der Waals surface area contributed by atoms with Crippen LogP contribution in [-0.2, 0) is 6.54 Å². The van der Waals surface area contributed by atoms with E-state index in [0.29, 0.717) is 24.4 Å². The summed E-state index contributed by atoms with van der Waals surface area (Å²) >= 11 is 0. The number of hydrogen-bond donors (Lipinski definition) is 0. The lowest BCUT2D eigenvalue weighted by Gasteiger charge is -2.32. The molecule has 4 heterocycles. The van der Waals surface area contributed by atoms with Gasteiger partial charge in [-0.2, -0.15) is 5.10 Å². The van der Waals surface area contributed by atoms with Gasteiger partial charge in [-0.05, 0) is 26.8 Å². The van der Waals surface area contributed by atoms with Gasteiger partial charge in [-0.1, -0.05) is 30.3 Å². The van der Waals surface area contributed by atoms with Crippen LogP contribution in [0.4, 0.5) is 0 Å². The summed E-state index contributed by atoms with van der Waals surface area (Å²) in [6, 6.07) is 13.8. The van der Waals surface area contributed by atoms with E-state index in [2.05, 4.69) is 31.8 Å². The third kappa shape index (κ3) is 2.88. The third-order valence-corrected chi connectivity index (χ3v) is 5.30. The van der Waals surface area contributed by atoms with Gasteiger partial charge in [0.15, 0.2) is 23.0 Å². The number of aromatic nitrogens is 6. The van der Waals surface area contributed by atoms with Crippen LogP contribution in [0.25, 0.3) is 17.0 Å². The average Bonchev–Trinajstić information content (AvgIpc) is 3.33. The molecule has 29 heavy (non-hydrogen) atoms. The van der Waals surface area contributed by atoms with Crippen LogP contribution >= 0.6 is 0 Å². The van der Waals surface area contributed by atoms with E-state index in [1.54, 1.807) is 15.5 Å². The topological polar surface area (TPSA) is 81.2 Å². The molecule has 0 radical (unpaired) electrons.